The molecule has 0 bridgehead atoms. The lowest BCUT2D eigenvalue weighted by atomic mass is 10.1. The van der Waals surface area contributed by atoms with Crippen LogP contribution in [0.5, 0.6) is 0 Å². The molecule has 116 valence electrons. The molecule has 7 nitrogen and oxygen atoms in total. The molecule has 0 spiro atoms. The number of carbonyl (C=O) groups excluding carboxylic acids is 1. The van der Waals surface area contributed by atoms with Gasteiger partial charge in [0, 0.05) is 18.2 Å². The fraction of sp³-hybridized carbons (Fsp3) is 0.462. The third-order valence-corrected chi connectivity index (χ3v) is 2.46. The van der Waals surface area contributed by atoms with Crippen molar-refractivity contribution in [2.75, 3.05) is 6.54 Å². The summed E-state index contributed by atoms with van der Waals surface area (Å²) in [6.07, 6.45) is -0.666. The number of benzene rings is 1. The zero-order valence-corrected chi connectivity index (χ0v) is 12.1. The summed E-state index contributed by atoms with van der Waals surface area (Å²) in [5.74, 6) is -0.789. The number of hydrogen-bond donors (Lipinski definition) is 2. The summed E-state index contributed by atoms with van der Waals surface area (Å²) in [6, 6.07) is 2.35. The largest absolute Gasteiger partial charge is 0.444 e. The molecule has 1 unspecified atom stereocenters. The zero-order chi connectivity index (χ0) is 16.2. The van der Waals surface area contributed by atoms with Crippen LogP contribution >= 0.6 is 0 Å². The van der Waals surface area contributed by atoms with Gasteiger partial charge in [-0.2, -0.15) is 0 Å². The average molecular weight is 299 g/mol. The average Bonchev–Trinajstić information content (AvgIpc) is 2.33. The third-order valence-electron chi connectivity index (χ3n) is 2.46. The lowest BCUT2D eigenvalue weighted by Gasteiger charge is -2.21. The van der Waals surface area contributed by atoms with Crippen molar-refractivity contribution < 1.29 is 18.8 Å². The highest BCUT2D eigenvalue weighted by molar-refractivity contribution is 5.67. The van der Waals surface area contributed by atoms with Crippen LogP contribution in [-0.2, 0) is 4.74 Å². The molecule has 0 aliphatic rings. The molecule has 0 aliphatic carbocycles. The van der Waals surface area contributed by atoms with E-state index in [0.717, 1.165) is 12.1 Å². The number of carbonyl (C=O) groups is 1. The fourth-order valence-electron chi connectivity index (χ4n) is 1.55. The number of nitrogens with zero attached hydrogens (tertiary/aromatic N) is 1. The van der Waals surface area contributed by atoms with E-state index in [1.165, 1.54) is 6.07 Å². The third kappa shape index (κ3) is 5.35. The highest BCUT2D eigenvalue weighted by Crippen LogP contribution is 2.20. The summed E-state index contributed by atoms with van der Waals surface area (Å²) in [4.78, 5) is 21.3. The zero-order valence-electron chi connectivity index (χ0n) is 12.1. The van der Waals surface area contributed by atoms with E-state index in [9.17, 15) is 19.3 Å². The number of ether oxygens (including phenoxy) is 1. The second-order valence-corrected chi connectivity index (χ2v) is 5.45. The van der Waals surface area contributed by atoms with E-state index in [2.05, 4.69) is 5.32 Å². The van der Waals surface area contributed by atoms with Crippen molar-refractivity contribution in [3.63, 3.8) is 0 Å². The molecule has 0 saturated carbocycles. The number of nitrogens with two attached hydrogens (primary N) is 1. The summed E-state index contributed by atoms with van der Waals surface area (Å²) >= 11 is 0. The topological polar surface area (TPSA) is 107 Å². The number of non-ortho nitro benzene ring substituents is 1. The number of rotatable bonds is 4. The van der Waals surface area contributed by atoms with Crippen LogP contribution < -0.4 is 11.1 Å². The van der Waals surface area contributed by atoms with Crippen molar-refractivity contribution in [3.05, 3.63) is 39.7 Å². The summed E-state index contributed by atoms with van der Waals surface area (Å²) in [6.45, 7) is 5.08. The van der Waals surface area contributed by atoms with Gasteiger partial charge in [-0.05, 0) is 26.8 Å². The van der Waals surface area contributed by atoms with Crippen LogP contribution in [0, 0.1) is 15.9 Å². The number of hydrogen-bond acceptors (Lipinski definition) is 5. The quantitative estimate of drug-likeness (QED) is 0.655. The Bertz CT molecular complexity index is 543. The van der Waals surface area contributed by atoms with E-state index in [-0.39, 0.29) is 17.8 Å². The molecule has 1 atom stereocenters. The number of nitrogens with one attached hydrogen (secondary N) is 1. The molecule has 0 saturated heterocycles. The van der Waals surface area contributed by atoms with E-state index >= 15 is 0 Å². The van der Waals surface area contributed by atoms with Gasteiger partial charge < -0.3 is 15.8 Å². The number of nitro groups is 1. The lowest BCUT2D eigenvalue weighted by Crippen LogP contribution is -2.36. The Morgan fingerprint density at radius 2 is 2.14 bits per heavy atom. The molecular formula is C13H18FN3O4. The first-order valence-electron chi connectivity index (χ1n) is 6.26. The predicted molar refractivity (Wildman–Crippen MR) is 74.2 cm³/mol. The highest BCUT2D eigenvalue weighted by Gasteiger charge is 2.19. The number of nitro benzene ring substituents is 1. The molecule has 8 heteroatoms. The Balaban J connectivity index is 2.66. The molecular weight excluding hydrogens is 281 g/mol. The molecule has 3 N–H and O–H groups in total. The van der Waals surface area contributed by atoms with Crippen LogP contribution in [0.4, 0.5) is 14.9 Å². The molecule has 21 heavy (non-hydrogen) atoms. The van der Waals surface area contributed by atoms with Gasteiger partial charge in [0.15, 0.2) is 0 Å². The van der Waals surface area contributed by atoms with Gasteiger partial charge >= 0.3 is 6.09 Å². The van der Waals surface area contributed by atoms with Crippen molar-refractivity contribution >= 4 is 11.8 Å². The van der Waals surface area contributed by atoms with Gasteiger partial charge in [0.2, 0.25) is 0 Å². The summed E-state index contributed by atoms with van der Waals surface area (Å²) in [5, 5.41) is 12.9. The molecule has 1 aromatic rings. The minimum atomic E-state index is -0.835. The fourth-order valence-corrected chi connectivity index (χ4v) is 1.55. The molecule has 1 rings (SSSR count). The maximum absolute atomic E-state index is 13.7. The molecule has 0 aromatic heterocycles. The molecule has 0 heterocycles. The molecule has 0 radical (unpaired) electrons. The van der Waals surface area contributed by atoms with E-state index < -0.39 is 28.5 Å². The van der Waals surface area contributed by atoms with Crippen LogP contribution in [0.15, 0.2) is 18.2 Å². The van der Waals surface area contributed by atoms with Gasteiger partial charge in [0.1, 0.15) is 11.4 Å². The van der Waals surface area contributed by atoms with Gasteiger partial charge in [-0.15, -0.1) is 0 Å². The van der Waals surface area contributed by atoms with Crippen molar-refractivity contribution in [1.82, 2.24) is 5.32 Å². The van der Waals surface area contributed by atoms with Crippen molar-refractivity contribution in [2.24, 2.45) is 5.73 Å². The van der Waals surface area contributed by atoms with Crippen molar-refractivity contribution in [2.45, 2.75) is 32.4 Å². The van der Waals surface area contributed by atoms with E-state index in [1.807, 2.05) is 0 Å². The smallest absolute Gasteiger partial charge is 0.407 e. The van der Waals surface area contributed by atoms with Gasteiger partial charge in [0.05, 0.1) is 17.0 Å². The normalized spacial score (nSPS) is 12.6. The lowest BCUT2D eigenvalue weighted by molar-refractivity contribution is -0.385. The number of halogens is 1. The summed E-state index contributed by atoms with van der Waals surface area (Å²) in [7, 11) is 0. The molecule has 1 aromatic carbocycles. The van der Waals surface area contributed by atoms with Crippen LogP contribution in [0.2, 0.25) is 0 Å². The van der Waals surface area contributed by atoms with Crippen LogP contribution in [-0.4, -0.2) is 23.2 Å². The maximum atomic E-state index is 13.7. The Hall–Kier alpha value is -2.22. The maximum Gasteiger partial charge on any atom is 0.407 e. The van der Waals surface area contributed by atoms with E-state index in [0.29, 0.717) is 0 Å². The van der Waals surface area contributed by atoms with Crippen molar-refractivity contribution in [1.29, 1.82) is 0 Å². The Morgan fingerprint density at radius 1 is 1.52 bits per heavy atom. The molecule has 1 amide bonds. The van der Waals surface area contributed by atoms with Gasteiger partial charge in [-0.1, -0.05) is 0 Å². The predicted octanol–water partition coefficient (Wildman–Crippen LogP) is 2.26. The Labute approximate surface area is 121 Å². The van der Waals surface area contributed by atoms with Crippen LogP contribution in [0.3, 0.4) is 0 Å². The summed E-state index contributed by atoms with van der Waals surface area (Å²) < 4.78 is 18.7. The molecule has 0 aliphatic heterocycles. The first-order chi connectivity index (χ1) is 9.60. The SMILES string of the molecule is CC(C)(C)OC(=O)NCC(N)c1ccc([N+](=O)[O-])cc1F. The first-order valence-corrected chi connectivity index (χ1v) is 6.26. The Morgan fingerprint density at radius 3 is 2.62 bits per heavy atom. The standard InChI is InChI=1S/C13H18FN3O4/c1-13(2,3)21-12(18)16-7-11(15)9-5-4-8(17(19)20)6-10(9)14/h4-6,11H,7,15H2,1-3H3,(H,16,18). The van der Waals surface area contributed by atoms with Gasteiger partial charge in [-0.3, -0.25) is 10.1 Å². The van der Waals surface area contributed by atoms with Crippen LogP contribution in [0.1, 0.15) is 32.4 Å². The molecule has 0 fully saturated rings. The second kappa shape index (κ2) is 6.49. The minimum absolute atomic E-state index is 0.0519. The monoisotopic (exact) mass is 299 g/mol. The van der Waals surface area contributed by atoms with E-state index in [4.69, 9.17) is 10.5 Å². The minimum Gasteiger partial charge on any atom is -0.444 e. The van der Waals surface area contributed by atoms with Crippen molar-refractivity contribution in [3.8, 4) is 0 Å². The highest BCUT2D eigenvalue weighted by atomic mass is 19.1. The van der Waals surface area contributed by atoms with E-state index in [1.54, 1.807) is 20.8 Å². The number of amides is 1. The Kier molecular flexibility index (Phi) is 5.20. The van der Waals surface area contributed by atoms with Gasteiger partial charge in [0.25, 0.3) is 5.69 Å². The van der Waals surface area contributed by atoms with Crippen LogP contribution in [0.25, 0.3) is 0 Å². The summed E-state index contributed by atoms with van der Waals surface area (Å²) in [5.41, 5.74) is 4.83. The number of alkyl carbamates (subject to hydrolysis) is 1. The first kappa shape index (κ1) is 16.8. The van der Waals surface area contributed by atoms with Gasteiger partial charge in [-0.25, -0.2) is 9.18 Å². The second-order valence-electron chi connectivity index (χ2n) is 5.45.